The summed E-state index contributed by atoms with van der Waals surface area (Å²) in [5.74, 6) is -0.236. The predicted octanol–water partition coefficient (Wildman–Crippen LogP) is 3.74. The quantitative estimate of drug-likeness (QED) is 0.310. The molecule has 0 fully saturated rings. The first-order valence-corrected chi connectivity index (χ1v) is 9.10. The maximum absolute atomic E-state index is 12.3. The molecule has 0 aliphatic rings. The van der Waals surface area contributed by atoms with E-state index in [2.05, 4.69) is 10.3 Å². The normalized spacial score (nSPS) is 11.3. The molecule has 5 nitrogen and oxygen atoms in total. The van der Waals surface area contributed by atoms with Crippen molar-refractivity contribution in [3.8, 4) is 11.8 Å². The van der Waals surface area contributed by atoms with Gasteiger partial charge in [-0.25, -0.2) is 0 Å². The van der Waals surface area contributed by atoms with Gasteiger partial charge in [-0.1, -0.05) is 24.3 Å². The van der Waals surface area contributed by atoms with Crippen molar-refractivity contribution < 1.29 is 9.90 Å². The molecule has 1 heterocycles. The number of fused-ring (bicyclic) bond motifs is 1. The third-order valence-electron chi connectivity index (χ3n) is 4.00. The third kappa shape index (κ3) is 4.06. The van der Waals surface area contributed by atoms with Crippen molar-refractivity contribution in [2.24, 2.45) is 0 Å². The van der Waals surface area contributed by atoms with Crippen LogP contribution in [0, 0.1) is 14.9 Å². The van der Waals surface area contributed by atoms with Gasteiger partial charge in [0.2, 0.25) is 0 Å². The molecule has 130 valence electrons. The summed E-state index contributed by atoms with van der Waals surface area (Å²) in [5.41, 5.74) is 2.91. The number of carbonyl (C=O) groups is 1. The van der Waals surface area contributed by atoms with Crippen LogP contribution in [0.25, 0.3) is 17.0 Å². The number of aromatic nitrogens is 1. The van der Waals surface area contributed by atoms with Crippen molar-refractivity contribution in [3.05, 3.63) is 68.9 Å². The van der Waals surface area contributed by atoms with Gasteiger partial charge in [-0.2, -0.15) is 5.26 Å². The van der Waals surface area contributed by atoms with Crippen molar-refractivity contribution in [1.29, 1.82) is 5.26 Å². The maximum Gasteiger partial charge on any atom is 0.261 e. The van der Waals surface area contributed by atoms with Crippen molar-refractivity contribution in [1.82, 2.24) is 10.3 Å². The minimum Gasteiger partial charge on any atom is -0.507 e. The minimum absolute atomic E-state index is 0.0328. The number of phenols is 1. The summed E-state index contributed by atoms with van der Waals surface area (Å²) >= 11 is 2.00. The van der Waals surface area contributed by atoms with Crippen LogP contribution in [0.15, 0.2) is 54.2 Å². The second-order valence-electron chi connectivity index (χ2n) is 5.75. The number of phenolic OH excluding ortho intramolecular Hbond substituents is 1. The Bertz CT molecular complexity index is 1030. The van der Waals surface area contributed by atoms with Crippen LogP contribution in [0.3, 0.4) is 0 Å². The number of benzene rings is 2. The van der Waals surface area contributed by atoms with E-state index in [0.717, 1.165) is 16.5 Å². The van der Waals surface area contributed by atoms with Gasteiger partial charge in [0.1, 0.15) is 17.4 Å². The van der Waals surface area contributed by atoms with Gasteiger partial charge in [0, 0.05) is 23.6 Å². The predicted molar refractivity (Wildman–Crippen MR) is 109 cm³/mol. The Kier molecular flexibility index (Phi) is 5.58. The average Bonchev–Trinajstić information content (AvgIpc) is 3.06. The van der Waals surface area contributed by atoms with E-state index in [4.69, 9.17) is 0 Å². The van der Waals surface area contributed by atoms with Crippen LogP contribution in [-0.4, -0.2) is 22.5 Å². The molecule has 0 aliphatic carbocycles. The van der Waals surface area contributed by atoms with Gasteiger partial charge in [-0.05, 0) is 64.4 Å². The zero-order valence-electron chi connectivity index (χ0n) is 13.8. The molecular weight excluding hydrogens is 441 g/mol. The molecule has 1 amide bonds. The Hall–Kier alpha value is -2.79. The van der Waals surface area contributed by atoms with Gasteiger partial charge < -0.3 is 15.4 Å². The molecule has 1 aromatic heterocycles. The number of aromatic amines is 1. The second-order valence-corrected chi connectivity index (χ2v) is 6.91. The molecule has 3 N–H and O–H groups in total. The third-order valence-corrected chi connectivity index (χ3v) is 4.87. The molecular formula is C20H16IN3O2. The number of hydrogen-bond donors (Lipinski definition) is 3. The summed E-state index contributed by atoms with van der Waals surface area (Å²) in [6, 6.07) is 14.8. The van der Waals surface area contributed by atoms with Crippen LogP contribution in [-0.2, 0) is 11.2 Å². The Morgan fingerprint density at radius 3 is 2.88 bits per heavy atom. The number of carbonyl (C=O) groups excluding carboxylic acids is 1. The highest BCUT2D eigenvalue weighted by molar-refractivity contribution is 14.1. The first-order chi connectivity index (χ1) is 12.6. The fourth-order valence-corrected chi connectivity index (χ4v) is 3.21. The van der Waals surface area contributed by atoms with Gasteiger partial charge in [0.05, 0.1) is 3.57 Å². The lowest BCUT2D eigenvalue weighted by atomic mass is 10.1. The first-order valence-electron chi connectivity index (χ1n) is 8.02. The Balaban J connectivity index is 1.65. The van der Waals surface area contributed by atoms with E-state index in [-0.39, 0.29) is 11.3 Å². The van der Waals surface area contributed by atoms with Crippen molar-refractivity contribution in [2.45, 2.75) is 6.42 Å². The molecule has 6 heteroatoms. The summed E-state index contributed by atoms with van der Waals surface area (Å²) in [4.78, 5) is 15.5. The van der Waals surface area contributed by atoms with Crippen LogP contribution < -0.4 is 5.32 Å². The topological polar surface area (TPSA) is 88.9 Å². The first kappa shape index (κ1) is 18.0. The zero-order valence-corrected chi connectivity index (χ0v) is 15.9. The summed E-state index contributed by atoms with van der Waals surface area (Å²) in [6.45, 7) is 0.437. The number of amides is 1. The SMILES string of the molecule is N#C/C(=C/c1ccc(O)c(I)c1)C(=O)NCCc1c[nH]c2ccccc12. The molecule has 2 aromatic carbocycles. The van der Waals surface area contributed by atoms with Crippen molar-refractivity contribution in [2.75, 3.05) is 6.54 Å². The number of hydrogen-bond acceptors (Lipinski definition) is 3. The molecule has 0 radical (unpaired) electrons. The number of rotatable bonds is 5. The molecule has 0 unspecified atom stereocenters. The highest BCUT2D eigenvalue weighted by Crippen LogP contribution is 2.21. The highest BCUT2D eigenvalue weighted by Gasteiger charge is 2.10. The Morgan fingerprint density at radius 2 is 2.12 bits per heavy atom. The lowest BCUT2D eigenvalue weighted by Crippen LogP contribution is -2.26. The number of nitriles is 1. The number of halogens is 1. The van der Waals surface area contributed by atoms with Gasteiger partial charge in [-0.15, -0.1) is 0 Å². The van der Waals surface area contributed by atoms with Gasteiger partial charge >= 0.3 is 0 Å². The zero-order chi connectivity index (χ0) is 18.5. The number of H-pyrrole nitrogens is 1. The van der Waals surface area contributed by atoms with Crippen LogP contribution in [0.4, 0.5) is 0 Å². The van der Waals surface area contributed by atoms with Gasteiger partial charge in [0.25, 0.3) is 5.91 Å². The molecule has 0 aliphatic heterocycles. The lowest BCUT2D eigenvalue weighted by molar-refractivity contribution is -0.117. The standard InChI is InChI=1S/C20H16IN3O2/c21-17-10-13(5-6-19(17)25)9-15(11-22)20(26)23-8-7-14-12-24-18-4-2-1-3-16(14)18/h1-6,9-10,12,24-25H,7-8H2,(H,23,26)/b15-9-. The summed E-state index contributed by atoms with van der Waals surface area (Å²) in [7, 11) is 0. The molecule has 3 aromatic rings. The average molecular weight is 457 g/mol. The molecule has 0 saturated heterocycles. The molecule has 0 atom stereocenters. The minimum atomic E-state index is -0.407. The number of nitrogens with one attached hydrogen (secondary N) is 2. The molecule has 0 bridgehead atoms. The van der Waals surface area contributed by atoms with E-state index in [9.17, 15) is 15.2 Å². The van der Waals surface area contributed by atoms with Gasteiger partial charge in [-0.3, -0.25) is 4.79 Å². The van der Waals surface area contributed by atoms with E-state index in [1.165, 1.54) is 12.1 Å². The van der Waals surface area contributed by atoms with E-state index >= 15 is 0 Å². The van der Waals surface area contributed by atoms with E-state index in [0.29, 0.717) is 22.1 Å². The fraction of sp³-hybridized carbons (Fsp3) is 0.100. The van der Waals surface area contributed by atoms with Crippen LogP contribution in [0.2, 0.25) is 0 Å². The summed E-state index contributed by atoms with van der Waals surface area (Å²) in [6.07, 6.45) is 4.13. The van der Waals surface area contributed by atoms with E-state index in [1.807, 2.05) is 59.1 Å². The Morgan fingerprint density at radius 1 is 1.31 bits per heavy atom. The number of aromatic hydroxyl groups is 1. The van der Waals surface area contributed by atoms with Gasteiger partial charge in [0.15, 0.2) is 0 Å². The van der Waals surface area contributed by atoms with Crippen molar-refractivity contribution >= 4 is 45.5 Å². The molecule has 26 heavy (non-hydrogen) atoms. The second kappa shape index (κ2) is 8.06. The largest absolute Gasteiger partial charge is 0.507 e. The van der Waals surface area contributed by atoms with Crippen LogP contribution >= 0.6 is 22.6 Å². The van der Waals surface area contributed by atoms with Crippen LogP contribution in [0.1, 0.15) is 11.1 Å². The van der Waals surface area contributed by atoms with E-state index < -0.39 is 5.91 Å². The highest BCUT2D eigenvalue weighted by atomic mass is 127. The lowest BCUT2D eigenvalue weighted by Gasteiger charge is -2.05. The van der Waals surface area contributed by atoms with Crippen molar-refractivity contribution in [3.63, 3.8) is 0 Å². The Labute approximate surface area is 164 Å². The van der Waals surface area contributed by atoms with E-state index in [1.54, 1.807) is 12.1 Å². The number of para-hydroxylation sites is 1. The molecule has 3 rings (SSSR count). The molecule has 0 saturated carbocycles. The van der Waals surface area contributed by atoms with Crippen LogP contribution in [0.5, 0.6) is 5.75 Å². The molecule has 0 spiro atoms. The smallest absolute Gasteiger partial charge is 0.261 e. The number of nitrogens with zero attached hydrogens (tertiary/aromatic N) is 1. The summed E-state index contributed by atoms with van der Waals surface area (Å²) < 4.78 is 0.661. The monoisotopic (exact) mass is 457 g/mol. The summed E-state index contributed by atoms with van der Waals surface area (Å²) in [5, 5.41) is 22.7. The maximum atomic E-state index is 12.3. The fourth-order valence-electron chi connectivity index (χ4n) is 2.67.